The van der Waals surface area contributed by atoms with Gasteiger partial charge in [0.1, 0.15) is 11.3 Å². The van der Waals surface area contributed by atoms with Gasteiger partial charge in [-0.3, -0.25) is 0 Å². The van der Waals surface area contributed by atoms with Crippen LogP contribution >= 0.6 is 0 Å². The lowest BCUT2D eigenvalue weighted by Crippen LogP contribution is -2.05. The number of carbonyl (C=O) groups is 1. The molecule has 0 saturated heterocycles. The van der Waals surface area contributed by atoms with E-state index in [9.17, 15) is 4.79 Å². The number of carboxylic acid groups (broad SMARTS) is 1. The average Bonchev–Trinajstić information content (AvgIpc) is 2.61. The predicted octanol–water partition coefficient (Wildman–Crippen LogP) is 2.75. The van der Waals surface area contributed by atoms with Gasteiger partial charge in [-0.25, -0.2) is 4.79 Å². The van der Waals surface area contributed by atoms with Crippen molar-refractivity contribution in [1.29, 1.82) is 0 Å². The first-order chi connectivity index (χ1) is 7.56. The highest BCUT2D eigenvalue weighted by molar-refractivity contribution is 5.92. The summed E-state index contributed by atoms with van der Waals surface area (Å²) in [4.78, 5) is 11.1. The van der Waals surface area contributed by atoms with Crippen LogP contribution in [-0.2, 0) is 6.42 Å². The van der Waals surface area contributed by atoms with Crippen molar-refractivity contribution >= 4 is 5.97 Å². The molecule has 1 aromatic carbocycles. The highest BCUT2D eigenvalue weighted by Gasteiger charge is 2.27. The van der Waals surface area contributed by atoms with Gasteiger partial charge in [-0.15, -0.1) is 0 Å². The maximum atomic E-state index is 11.1. The van der Waals surface area contributed by atoms with Crippen molar-refractivity contribution in [1.82, 2.24) is 0 Å². The van der Waals surface area contributed by atoms with Crippen LogP contribution in [0.15, 0.2) is 6.07 Å². The monoisotopic (exact) mass is 220 g/mol. The molecule has 1 aliphatic carbocycles. The molecule has 0 bridgehead atoms. The van der Waals surface area contributed by atoms with Crippen LogP contribution in [0.25, 0.3) is 0 Å². The number of hydrogen-bond donors (Lipinski definition) is 1. The number of hydrogen-bond acceptors (Lipinski definition) is 2. The van der Waals surface area contributed by atoms with Crippen LogP contribution in [0.4, 0.5) is 0 Å². The number of methoxy groups -OCH3 is 1. The highest BCUT2D eigenvalue weighted by atomic mass is 16.5. The van der Waals surface area contributed by atoms with E-state index < -0.39 is 5.97 Å². The van der Waals surface area contributed by atoms with Crippen molar-refractivity contribution in [2.45, 2.75) is 32.6 Å². The fourth-order valence-corrected chi connectivity index (χ4v) is 2.71. The molecule has 1 atom stereocenters. The fraction of sp³-hybridized carbons (Fsp3) is 0.462. The Kier molecular flexibility index (Phi) is 2.62. The SMILES string of the molecule is COc1c(C(=O)O)cc(C)c2c1CCC2C. The van der Waals surface area contributed by atoms with E-state index in [4.69, 9.17) is 9.84 Å². The molecule has 0 amide bonds. The molecule has 0 radical (unpaired) electrons. The van der Waals surface area contributed by atoms with Gasteiger partial charge in [0.15, 0.2) is 0 Å². The van der Waals surface area contributed by atoms with E-state index in [1.807, 2.05) is 6.92 Å². The second-order valence-corrected chi connectivity index (χ2v) is 4.41. The van der Waals surface area contributed by atoms with Gasteiger partial charge in [0.05, 0.1) is 7.11 Å². The summed E-state index contributed by atoms with van der Waals surface area (Å²) in [5.41, 5.74) is 3.72. The Morgan fingerprint density at radius 2 is 2.25 bits per heavy atom. The quantitative estimate of drug-likeness (QED) is 0.833. The maximum Gasteiger partial charge on any atom is 0.339 e. The van der Waals surface area contributed by atoms with Gasteiger partial charge >= 0.3 is 5.97 Å². The molecule has 1 aromatic rings. The molecular weight excluding hydrogens is 204 g/mol. The molecule has 3 nitrogen and oxygen atoms in total. The zero-order chi connectivity index (χ0) is 11.9. The molecular formula is C13H16O3. The zero-order valence-electron chi connectivity index (χ0n) is 9.83. The van der Waals surface area contributed by atoms with E-state index in [0.29, 0.717) is 11.7 Å². The Morgan fingerprint density at radius 3 is 2.81 bits per heavy atom. The Balaban J connectivity index is 2.70. The summed E-state index contributed by atoms with van der Waals surface area (Å²) in [6.45, 7) is 4.16. The number of benzene rings is 1. The van der Waals surface area contributed by atoms with Crippen LogP contribution in [0, 0.1) is 6.92 Å². The van der Waals surface area contributed by atoms with E-state index in [-0.39, 0.29) is 5.56 Å². The predicted molar refractivity (Wildman–Crippen MR) is 61.4 cm³/mol. The second-order valence-electron chi connectivity index (χ2n) is 4.41. The number of ether oxygens (including phenoxy) is 1. The molecule has 0 spiro atoms. The summed E-state index contributed by atoms with van der Waals surface area (Å²) in [5.74, 6) is 0.145. The van der Waals surface area contributed by atoms with Crippen molar-refractivity contribution in [3.8, 4) is 5.75 Å². The molecule has 0 fully saturated rings. The summed E-state index contributed by atoms with van der Waals surface area (Å²) in [6, 6.07) is 1.72. The number of carboxylic acids is 1. The number of aromatic carboxylic acids is 1. The standard InChI is InChI=1S/C13H16O3/c1-7-4-5-9-11(7)8(2)6-10(13(14)15)12(9)16-3/h6-7H,4-5H2,1-3H3,(H,14,15). The first-order valence-electron chi connectivity index (χ1n) is 5.50. The second kappa shape index (κ2) is 3.81. The van der Waals surface area contributed by atoms with E-state index in [1.54, 1.807) is 13.2 Å². The summed E-state index contributed by atoms with van der Waals surface area (Å²) in [5, 5.41) is 9.14. The minimum atomic E-state index is -0.915. The Hall–Kier alpha value is -1.51. The first-order valence-corrected chi connectivity index (χ1v) is 5.50. The van der Waals surface area contributed by atoms with Crippen LogP contribution in [0.1, 0.15) is 46.3 Å². The lowest BCUT2D eigenvalue weighted by atomic mass is 9.95. The summed E-state index contributed by atoms with van der Waals surface area (Å²) in [6.07, 6.45) is 2.00. The third kappa shape index (κ3) is 1.47. The molecule has 0 saturated carbocycles. The molecule has 0 aliphatic heterocycles. The zero-order valence-corrected chi connectivity index (χ0v) is 9.83. The topological polar surface area (TPSA) is 46.5 Å². The van der Waals surface area contributed by atoms with Crippen LogP contribution in [0.3, 0.4) is 0 Å². The van der Waals surface area contributed by atoms with Crippen LogP contribution in [0.5, 0.6) is 5.75 Å². The lowest BCUT2D eigenvalue weighted by Gasteiger charge is -2.15. The molecule has 0 aromatic heterocycles. The van der Waals surface area contributed by atoms with Gasteiger partial charge < -0.3 is 9.84 Å². The average molecular weight is 220 g/mol. The van der Waals surface area contributed by atoms with Gasteiger partial charge in [-0.1, -0.05) is 6.92 Å². The number of rotatable bonds is 2. The Labute approximate surface area is 95.0 Å². The van der Waals surface area contributed by atoms with Gasteiger partial charge in [0.25, 0.3) is 0 Å². The normalized spacial score (nSPS) is 18.3. The van der Waals surface area contributed by atoms with Gasteiger partial charge in [0, 0.05) is 0 Å². The van der Waals surface area contributed by atoms with Crippen LogP contribution in [-0.4, -0.2) is 18.2 Å². The fourth-order valence-electron chi connectivity index (χ4n) is 2.71. The largest absolute Gasteiger partial charge is 0.496 e. The third-order valence-electron chi connectivity index (χ3n) is 3.38. The molecule has 0 heterocycles. The molecule has 16 heavy (non-hydrogen) atoms. The first kappa shape index (κ1) is 11.0. The van der Waals surface area contributed by atoms with Crippen LogP contribution < -0.4 is 4.74 Å². The molecule has 86 valence electrons. The molecule has 1 aliphatic rings. The lowest BCUT2D eigenvalue weighted by molar-refractivity contribution is 0.0693. The molecule has 1 unspecified atom stereocenters. The van der Waals surface area contributed by atoms with Crippen molar-refractivity contribution in [3.05, 3.63) is 28.3 Å². The van der Waals surface area contributed by atoms with Crippen molar-refractivity contribution < 1.29 is 14.6 Å². The van der Waals surface area contributed by atoms with E-state index >= 15 is 0 Å². The molecule has 1 N–H and O–H groups in total. The smallest absolute Gasteiger partial charge is 0.339 e. The summed E-state index contributed by atoms with van der Waals surface area (Å²) in [7, 11) is 1.54. The van der Waals surface area contributed by atoms with Crippen molar-refractivity contribution in [3.63, 3.8) is 0 Å². The van der Waals surface area contributed by atoms with E-state index in [1.165, 1.54) is 5.56 Å². The summed E-state index contributed by atoms with van der Waals surface area (Å²) < 4.78 is 5.27. The van der Waals surface area contributed by atoms with Gasteiger partial charge in [-0.05, 0) is 48.4 Å². The number of fused-ring (bicyclic) bond motifs is 1. The number of aryl methyl sites for hydroxylation is 1. The van der Waals surface area contributed by atoms with E-state index in [0.717, 1.165) is 24.0 Å². The van der Waals surface area contributed by atoms with Gasteiger partial charge in [0.2, 0.25) is 0 Å². The van der Waals surface area contributed by atoms with Crippen molar-refractivity contribution in [2.75, 3.05) is 7.11 Å². The Morgan fingerprint density at radius 1 is 1.56 bits per heavy atom. The van der Waals surface area contributed by atoms with E-state index in [2.05, 4.69) is 6.92 Å². The molecule has 3 heteroatoms. The Bertz CT molecular complexity index is 449. The summed E-state index contributed by atoms with van der Waals surface area (Å²) >= 11 is 0. The minimum Gasteiger partial charge on any atom is -0.496 e. The third-order valence-corrected chi connectivity index (χ3v) is 3.38. The van der Waals surface area contributed by atoms with Gasteiger partial charge in [-0.2, -0.15) is 0 Å². The van der Waals surface area contributed by atoms with Crippen molar-refractivity contribution in [2.24, 2.45) is 0 Å². The molecule has 2 rings (SSSR count). The van der Waals surface area contributed by atoms with Crippen LogP contribution in [0.2, 0.25) is 0 Å². The maximum absolute atomic E-state index is 11.1. The minimum absolute atomic E-state index is 0.285. The highest BCUT2D eigenvalue weighted by Crippen LogP contribution is 2.42.